The monoisotopic (exact) mass is 424 g/mol. The molecule has 3 aromatic rings. The van der Waals surface area contributed by atoms with Gasteiger partial charge < -0.3 is 20.3 Å². The number of hydrogen-bond acceptors (Lipinski definition) is 5. The Morgan fingerprint density at radius 1 is 1.48 bits per heavy atom. The number of nitrogens with zero attached hydrogens (tertiary/aromatic N) is 2. The molecule has 0 radical (unpaired) electrons. The number of aromatic amines is 1. The van der Waals surface area contributed by atoms with Crippen LogP contribution in [-0.2, 0) is 11.2 Å². The molecular formula is C17H14Cl2N4O3S. The number of halogens is 2. The number of H-pyrrole nitrogens is 1. The summed E-state index contributed by atoms with van der Waals surface area (Å²) in [6.07, 6.45) is 1.92. The minimum Gasteiger partial charge on any atom is -0.395 e. The van der Waals surface area contributed by atoms with Crippen LogP contribution in [0.5, 0.6) is 0 Å². The number of β-amino-alcohol motifs (C(OH)–C–C–N with tert-alkyl or cyclic N) is 1. The molecule has 0 saturated carbocycles. The van der Waals surface area contributed by atoms with E-state index in [-0.39, 0.29) is 25.5 Å². The fourth-order valence-corrected chi connectivity index (χ4v) is 4.62. The van der Waals surface area contributed by atoms with Crippen molar-refractivity contribution in [3.63, 3.8) is 0 Å². The van der Waals surface area contributed by atoms with Crippen molar-refractivity contribution in [2.45, 2.75) is 12.5 Å². The highest BCUT2D eigenvalue weighted by molar-refractivity contribution is 7.23. The minimum absolute atomic E-state index is 0.135. The molecule has 0 fully saturated rings. The van der Waals surface area contributed by atoms with E-state index < -0.39 is 11.9 Å². The van der Waals surface area contributed by atoms with Crippen LogP contribution in [0.4, 0.5) is 5.69 Å². The molecule has 2 amide bonds. The van der Waals surface area contributed by atoms with Crippen molar-refractivity contribution in [2.75, 3.05) is 18.1 Å². The predicted molar refractivity (Wildman–Crippen MR) is 105 cm³/mol. The summed E-state index contributed by atoms with van der Waals surface area (Å²) in [6.45, 7) is -0.0524. The molecule has 4 heterocycles. The fraction of sp³-hybridized carbons (Fsp3) is 0.235. The van der Waals surface area contributed by atoms with E-state index in [1.54, 1.807) is 24.4 Å². The number of anilines is 1. The van der Waals surface area contributed by atoms with Gasteiger partial charge in [-0.05, 0) is 18.2 Å². The molecule has 27 heavy (non-hydrogen) atoms. The number of carbonyl (C=O) groups excluding carboxylic acids is 2. The van der Waals surface area contributed by atoms with Crippen molar-refractivity contribution >= 4 is 62.3 Å². The summed E-state index contributed by atoms with van der Waals surface area (Å²) in [5, 5.41) is 12.4. The van der Waals surface area contributed by atoms with Gasteiger partial charge in [-0.3, -0.25) is 14.6 Å². The first-order valence-corrected chi connectivity index (χ1v) is 9.70. The van der Waals surface area contributed by atoms with Gasteiger partial charge in [0, 0.05) is 19.2 Å². The van der Waals surface area contributed by atoms with Crippen LogP contribution in [0.3, 0.4) is 0 Å². The third-order valence-electron chi connectivity index (χ3n) is 4.37. The van der Waals surface area contributed by atoms with Gasteiger partial charge in [0.1, 0.15) is 16.1 Å². The van der Waals surface area contributed by atoms with Gasteiger partial charge >= 0.3 is 0 Å². The topological polar surface area (TPSA) is 98.3 Å². The quantitative estimate of drug-likeness (QED) is 0.599. The normalized spacial score (nSPS) is 16.6. The molecule has 0 aliphatic carbocycles. The maximum Gasteiger partial charge on any atom is 0.268 e. The Balaban J connectivity index is 1.59. The van der Waals surface area contributed by atoms with Crippen molar-refractivity contribution in [1.82, 2.24) is 15.3 Å². The van der Waals surface area contributed by atoms with Gasteiger partial charge in [-0.2, -0.15) is 0 Å². The van der Waals surface area contributed by atoms with Crippen molar-refractivity contribution in [1.29, 1.82) is 0 Å². The average Bonchev–Trinajstić information content (AvgIpc) is 3.18. The third kappa shape index (κ3) is 3.19. The Morgan fingerprint density at radius 2 is 2.30 bits per heavy atom. The highest BCUT2D eigenvalue weighted by Gasteiger charge is 2.34. The molecule has 0 saturated heterocycles. The average molecular weight is 425 g/mol. The molecule has 1 atom stereocenters. The summed E-state index contributed by atoms with van der Waals surface area (Å²) >= 11 is 13.4. The zero-order valence-corrected chi connectivity index (χ0v) is 16.2. The molecule has 4 rings (SSSR count). The minimum atomic E-state index is -0.771. The number of rotatable bonds is 4. The lowest BCUT2D eigenvalue weighted by Gasteiger charge is -2.33. The number of aliphatic hydroxyl groups excluding tert-OH is 1. The molecule has 7 nitrogen and oxygen atoms in total. The standard InChI is InChI=1S/C17H14Cl2N4O3S/c18-13-14-12(27-15(13)19)7-9(21-14)16(25)22-10-6-8-11(2-1-3-20-8)23(4-5-24)17(10)26/h1-3,7,10,21,24H,4-6H2,(H,22,25). The molecule has 10 heteroatoms. The van der Waals surface area contributed by atoms with Crippen LogP contribution in [0.2, 0.25) is 9.36 Å². The van der Waals surface area contributed by atoms with E-state index >= 15 is 0 Å². The zero-order chi connectivity index (χ0) is 19.1. The molecule has 1 unspecified atom stereocenters. The molecule has 0 spiro atoms. The first-order chi connectivity index (χ1) is 13.0. The first kappa shape index (κ1) is 18.2. The molecule has 0 bridgehead atoms. The van der Waals surface area contributed by atoms with E-state index in [0.717, 1.165) is 4.70 Å². The summed E-state index contributed by atoms with van der Waals surface area (Å²) in [7, 11) is 0. The lowest BCUT2D eigenvalue weighted by molar-refractivity contribution is -0.121. The number of carbonyl (C=O) groups is 2. The lowest BCUT2D eigenvalue weighted by Crippen LogP contribution is -2.53. The van der Waals surface area contributed by atoms with E-state index in [2.05, 4.69) is 15.3 Å². The van der Waals surface area contributed by atoms with Crippen molar-refractivity contribution < 1.29 is 14.7 Å². The number of hydrogen-bond donors (Lipinski definition) is 3. The predicted octanol–water partition coefficient (Wildman–Crippen LogP) is 2.61. The third-order valence-corrected chi connectivity index (χ3v) is 6.30. The number of fused-ring (bicyclic) bond motifs is 2. The van der Waals surface area contributed by atoms with Crippen molar-refractivity contribution in [3.05, 3.63) is 45.1 Å². The second-order valence-electron chi connectivity index (χ2n) is 6.02. The van der Waals surface area contributed by atoms with Gasteiger partial charge in [0.05, 0.1) is 33.2 Å². The van der Waals surface area contributed by atoms with Gasteiger partial charge in [0.15, 0.2) is 0 Å². The highest BCUT2D eigenvalue weighted by atomic mass is 35.5. The molecule has 1 aliphatic rings. The van der Waals surface area contributed by atoms with Crippen LogP contribution in [0.1, 0.15) is 16.2 Å². The van der Waals surface area contributed by atoms with E-state index in [1.807, 2.05) is 0 Å². The Bertz CT molecular complexity index is 1050. The van der Waals surface area contributed by atoms with Crippen molar-refractivity contribution in [2.24, 2.45) is 0 Å². The van der Waals surface area contributed by atoms with E-state index in [0.29, 0.717) is 32.0 Å². The van der Waals surface area contributed by atoms with Crippen LogP contribution in [0.25, 0.3) is 10.2 Å². The van der Waals surface area contributed by atoms with E-state index in [4.69, 9.17) is 23.2 Å². The van der Waals surface area contributed by atoms with Crippen LogP contribution < -0.4 is 10.2 Å². The zero-order valence-electron chi connectivity index (χ0n) is 13.8. The van der Waals surface area contributed by atoms with Crippen LogP contribution >= 0.6 is 34.5 Å². The Hall–Kier alpha value is -2.13. The number of pyridine rings is 1. The summed E-state index contributed by atoms with van der Waals surface area (Å²) in [5.41, 5.74) is 2.24. The number of aliphatic hydroxyl groups is 1. The largest absolute Gasteiger partial charge is 0.395 e. The molecule has 3 N–H and O–H groups in total. The van der Waals surface area contributed by atoms with Gasteiger partial charge in [-0.25, -0.2) is 0 Å². The van der Waals surface area contributed by atoms with Crippen LogP contribution in [0.15, 0.2) is 24.4 Å². The number of aromatic nitrogens is 2. The fourth-order valence-electron chi connectivity index (χ4n) is 3.14. The summed E-state index contributed by atoms with van der Waals surface area (Å²) in [5.74, 6) is -0.709. The molecule has 1 aliphatic heterocycles. The number of nitrogens with one attached hydrogen (secondary N) is 2. The second kappa shape index (κ2) is 7.12. The van der Waals surface area contributed by atoms with E-state index in [1.165, 1.54) is 16.2 Å². The Labute approximate surface area is 167 Å². The maximum absolute atomic E-state index is 12.8. The first-order valence-electron chi connectivity index (χ1n) is 8.13. The Kier molecular flexibility index (Phi) is 4.81. The van der Waals surface area contributed by atoms with Gasteiger partial charge in [0.25, 0.3) is 5.91 Å². The second-order valence-corrected chi connectivity index (χ2v) is 8.06. The highest BCUT2D eigenvalue weighted by Crippen LogP contribution is 2.38. The molecule has 0 aromatic carbocycles. The maximum atomic E-state index is 12.8. The van der Waals surface area contributed by atoms with Gasteiger partial charge in [0.2, 0.25) is 5.91 Å². The lowest BCUT2D eigenvalue weighted by atomic mass is 10.0. The summed E-state index contributed by atoms with van der Waals surface area (Å²) in [4.78, 5) is 34.1. The van der Waals surface area contributed by atoms with Gasteiger partial charge in [-0.1, -0.05) is 23.2 Å². The van der Waals surface area contributed by atoms with Crippen LogP contribution in [0, 0.1) is 0 Å². The SMILES string of the molecule is O=C(NC1Cc2ncccc2N(CCO)C1=O)c1cc2sc(Cl)c(Cl)c2[nH]1. The van der Waals surface area contributed by atoms with Gasteiger partial charge in [-0.15, -0.1) is 11.3 Å². The van der Waals surface area contributed by atoms with E-state index in [9.17, 15) is 14.7 Å². The number of amides is 2. The summed E-state index contributed by atoms with van der Waals surface area (Å²) < 4.78 is 1.22. The Morgan fingerprint density at radius 3 is 3.04 bits per heavy atom. The molecular weight excluding hydrogens is 411 g/mol. The smallest absolute Gasteiger partial charge is 0.268 e. The number of thiophene rings is 1. The van der Waals surface area contributed by atoms with Crippen LogP contribution in [-0.4, -0.2) is 46.1 Å². The van der Waals surface area contributed by atoms with Crippen molar-refractivity contribution in [3.8, 4) is 0 Å². The summed E-state index contributed by atoms with van der Waals surface area (Å²) in [6, 6.07) is 4.39. The molecule has 3 aromatic heterocycles. The molecule has 140 valence electrons.